The van der Waals surface area contributed by atoms with Gasteiger partial charge in [-0.25, -0.2) is 0 Å². The normalized spacial score (nSPS) is 11.8. The monoisotopic (exact) mass is 426 g/mol. The van der Waals surface area contributed by atoms with E-state index in [0.717, 1.165) is 11.2 Å². The number of para-hydroxylation sites is 1. The Bertz CT molecular complexity index is 1760. The molecule has 0 radical (unpaired) electrons. The number of pyridine rings is 1. The quantitative estimate of drug-likeness (QED) is 0.272. The molecule has 3 aromatic heterocycles. The zero-order valence-electron chi connectivity index (χ0n) is 17.2. The summed E-state index contributed by atoms with van der Waals surface area (Å²) in [7, 11) is 0. The van der Waals surface area contributed by atoms with Crippen LogP contribution in [-0.2, 0) is 0 Å². The maximum atomic E-state index is 4.93. The third kappa shape index (κ3) is 2.49. The van der Waals surface area contributed by atoms with E-state index in [4.69, 9.17) is 4.98 Å². The first-order valence-corrected chi connectivity index (χ1v) is 11.6. The number of benzene rings is 4. The molecule has 7 aromatic rings. The highest BCUT2D eigenvalue weighted by Gasteiger charge is 2.18. The number of hydrogen-bond donors (Lipinski definition) is 0. The Balaban J connectivity index is 1.59. The average Bonchev–Trinajstić information content (AvgIpc) is 3.40. The molecule has 0 aliphatic carbocycles. The highest BCUT2D eigenvalue weighted by Crippen LogP contribution is 2.41. The van der Waals surface area contributed by atoms with Gasteiger partial charge in [0, 0.05) is 32.7 Å². The van der Waals surface area contributed by atoms with Crippen LogP contribution in [0.3, 0.4) is 0 Å². The molecule has 0 spiro atoms. The topological polar surface area (TPSA) is 17.8 Å². The van der Waals surface area contributed by atoms with Crippen molar-refractivity contribution in [3.8, 4) is 16.8 Å². The summed E-state index contributed by atoms with van der Waals surface area (Å²) >= 11 is 1.81. The van der Waals surface area contributed by atoms with Crippen LogP contribution < -0.4 is 0 Å². The summed E-state index contributed by atoms with van der Waals surface area (Å²) in [4.78, 5) is 4.93. The highest BCUT2D eigenvalue weighted by atomic mass is 32.1. The maximum absolute atomic E-state index is 4.93. The molecule has 3 heteroatoms. The number of thiophene rings is 1. The van der Waals surface area contributed by atoms with Gasteiger partial charge in [-0.15, -0.1) is 11.3 Å². The maximum Gasteiger partial charge on any atom is 0.0971 e. The van der Waals surface area contributed by atoms with E-state index >= 15 is 0 Å². The molecule has 0 atom stereocenters. The lowest BCUT2D eigenvalue weighted by Crippen LogP contribution is -1.94. The molecule has 0 unspecified atom stereocenters. The van der Waals surface area contributed by atoms with Crippen molar-refractivity contribution in [3.05, 3.63) is 109 Å². The van der Waals surface area contributed by atoms with Gasteiger partial charge in [0.05, 0.1) is 21.3 Å². The van der Waals surface area contributed by atoms with E-state index in [1.165, 1.54) is 47.7 Å². The molecule has 2 nitrogen and oxygen atoms in total. The van der Waals surface area contributed by atoms with E-state index in [-0.39, 0.29) is 0 Å². The average molecular weight is 427 g/mol. The summed E-state index contributed by atoms with van der Waals surface area (Å²) in [5, 5.41) is 3.77. The minimum Gasteiger partial charge on any atom is -0.307 e. The number of rotatable bonds is 2. The molecule has 0 N–H and O–H groups in total. The smallest absolute Gasteiger partial charge is 0.0971 e. The van der Waals surface area contributed by atoms with Crippen LogP contribution in [0.5, 0.6) is 0 Å². The SMILES string of the molecule is c1ccc(-c2ccc(-n3c4ccccc4c4ncc5sc6ccccc6c5c43)cc2)cc1. The fourth-order valence-electron chi connectivity index (χ4n) is 4.81. The van der Waals surface area contributed by atoms with Crippen LogP contribution in [0.15, 0.2) is 109 Å². The number of hydrogen-bond acceptors (Lipinski definition) is 2. The van der Waals surface area contributed by atoms with Gasteiger partial charge < -0.3 is 4.57 Å². The van der Waals surface area contributed by atoms with E-state index in [0.29, 0.717) is 0 Å². The predicted octanol–water partition coefficient (Wildman–Crippen LogP) is 8.21. The van der Waals surface area contributed by atoms with Gasteiger partial charge >= 0.3 is 0 Å². The molecular weight excluding hydrogens is 408 g/mol. The summed E-state index contributed by atoms with van der Waals surface area (Å²) in [6.07, 6.45) is 2.04. The summed E-state index contributed by atoms with van der Waals surface area (Å²) in [5.74, 6) is 0. The van der Waals surface area contributed by atoms with E-state index in [1.807, 2.05) is 17.5 Å². The highest BCUT2D eigenvalue weighted by molar-refractivity contribution is 7.26. The van der Waals surface area contributed by atoms with Crippen LogP contribution >= 0.6 is 11.3 Å². The third-order valence-corrected chi connectivity index (χ3v) is 7.36. The lowest BCUT2D eigenvalue weighted by atomic mass is 10.1. The van der Waals surface area contributed by atoms with Crippen molar-refractivity contribution < 1.29 is 0 Å². The molecule has 0 amide bonds. The van der Waals surface area contributed by atoms with E-state index < -0.39 is 0 Å². The summed E-state index contributed by atoms with van der Waals surface area (Å²) < 4.78 is 4.91. The molecule has 0 aliphatic heterocycles. The minimum absolute atomic E-state index is 1.06. The van der Waals surface area contributed by atoms with Crippen LogP contribution in [-0.4, -0.2) is 9.55 Å². The molecule has 0 saturated carbocycles. The molecule has 0 aliphatic rings. The van der Waals surface area contributed by atoms with Crippen molar-refractivity contribution in [2.24, 2.45) is 0 Å². The van der Waals surface area contributed by atoms with Crippen molar-refractivity contribution in [2.45, 2.75) is 0 Å². The Labute approximate surface area is 189 Å². The van der Waals surface area contributed by atoms with Crippen LogP contribution in [0.4, 0.5) is 0 Å². The van der Waals surface area contributed by atoms with Crippen LogP contribution in [0.25, 0.3) is 58.9 Å². The Hall–Kier alpha value is -3.95. The summed E-state index contributed by atoms with van der Waals surface area (Å²) in [5.41, 5.74) is 7.04. The van der Waals surface area contributed by atoms with Gasteiger partial charge in [-0.05, 0) is 35.4 Å². The zero-order chi connectivity index (χ0) is 21.1. The molecule has 0 fully saturated rings. The molecule has 32 heavy (non-hydrogen) atoms. The third-order valence-electron chi connectivity index (χ3n) is 6.25. The van der Waals surface area contributed by atoms with Gasteiger partial charge in [0.1, 0.15) is 0 Å². The van der Waals surface area contributed by atoms with Gasteiger partial charge in [0.15, 0.2) is 0 Å². The van der Waals surface area contributed by atoms with Gasteiger partial charge in [0.2, 0.25) is 0 Å². The Morgan fingerprint density at radius 3 is 2.12 bits per heavy atom. The van der Waals surface area contributed by atoms with Gasteiger partial charge in [-0.1, -0.05) is 78.9 Å². The minimum atomic E-state index is 1.06. The summed E-state index contributed by atoms with van der Waals surface area (Å²) in [6.45, 7) is 0. The summed E-state index contributed by atoms with van der Waals surface area (Å²) in [6, 6.07) is 36.7. The first-order chi connectivity index (χ1) is 15.9. The molecule has 150 valence electrons. The second kappa shape index (κ2) is 6.78. The number of aromatic nitrogens is 2. The van der Waals surface area contributed by atoms with Crippen molar-refractivity contribution in [1.29, 1.82) is 0 Å². The second-order valence-corrected chi connectivity index (χ2v) is 9.14. The van der Waals surface area contributed by atoms with Crippen molar-refractivity contribution in [1.82, 2.24) is 9.55 Å². The van der Waals surface area contributed by atoms with Crippen molar-refractivity contribution >= 4 is 53.4 Å². The van der Waals surface area contributed by atoms with Gasteiger partial charge in [-0.2, -0.15) is 0 Å². The number of nitrogens with zero attached hydrogens (tertiary/aromatic N) is 2. The zero-order valence-corrected chi connectivity index (χ0v) is 18.0. The molecule has 3 heterocycles. The van der Waals surface area contributed by atoms with Crippen LogP contribution in [0.2, 0.25) is 0 Å². The lowest BCUT2D eigenvalue weighted by Gasteiger charge is -2.10. The lowest BCUT2D eigenvalue weighted by molar-refractivity contribution is 1.18. The predicted molar refractivity (Wildman–Crippen MR) is 137 cm³/mol. The Morgan fingerprint density at radius 2 is 1.28 bits per heavy atom. The molecule has 0 bridgehead atoms. The Morgan fingerprint density at radius 1 is 0.594 bits per heavy atom. The van der Waals surface area contributed by atoms with Gasteiger partial charge in [0.25, 0.3) is 0 Å². The van der Waals surface area contributed by atoms with Crippen LogP contribution in [0.1, 0.15) is 0 Å². The molecule has 0 saturated heterocycles. The molecule has 4 aromatic carbocycles. The first kappa shape index (κ1) is 17.7. The Kier molecular flexibility index (Phi) is 3.75. The van der Waals surface area contributed by atoms with Gasteiger partial charge in [-0.3, -0.25) is 4.98 Å². The first-order valence-electron chi connectivity index (χ1n) is 10.7. The second-order valence-electron chi connectivity index (χ2n) is 8.06. The molecular formula is C29H18N2S. The van der Waals surface area contributed by atoms with E-state index in [9.17, 15) is 0 Å². The largest absolute Gasteiger partial charge is 0.307 e. The van der Waals surface area contributed by atoms with E-state index in [1.54, 1.807) is 0 Å². The van der Waals surface area contributed by atoms with Crippen molar-refractivity contribution in [3.63, 3.8) is 0 Å². The van der Waals surface area contributed by atoms with Crippen LogP contribution in [0, 0.1) is 0 Å². The fourth-order valence-corrected chi connectivity index (χ4v) is 5.89. The number of fused-ring (bicyclic) bond motifs is 7. The van der Waals surface area contributed by atoms with Crippen molar-refractivity contribution in [2.75, 3.05) is 0 Å². The fraction of sp³-hybridized carbons (Fsp3) is 0. The molecule has 7 rings (SSSR count). The van der Waals surface area contributed by atoms with E-state index in [2.05, 4.69) is 108 Å². The standard InChI is InChI=1S/C29H18N2S/c1-2-8-19(9-3-1)20-14-16-21(17-15-20)31-24-12-6-4-10-22(24)28-29(31)27-23-11-5-7-13-25(23)32-26(27)18-30-28/h1-18H.